The quantitative estimate of drug-likeness (QED) is 0.599. The van der Waals surface area contributed by atoms with Crippen molar-refractivity contribution in [3.63, 3.8) is 0 Å². The average molecular weight is 143 g/mol. The lowest BCUT2D eigenvalue weighted by molar-refractivity contribution is 0.151. The maximum absolute atomic E-state index is 11.9. The highest BCUT2D eigenvalue weighted by Gasteiger charge is 2.04. The molecule has 0 bridgehead atoms. The van der Waals surface area contributed by atoms with E-state index in [0.717, 1.165) is 0 Å². The molecule has 1 aromatic carbocycles. The Morgan fingerprint density at radius 3 is 2.00 bits per heavy atom. The number of nitrogens with two attached hydrogens (primary N) is 1. The van der Waals surface area contributed by atoms with Crippen LogP contribution in [0.4, 0.5) is 14.5 Å². The molecule has 0 unspecified atom stereocenters. The summed E-state index contributed by atoms with van der Waals surface area (Å²) in [4.78, 5) is 0. The highest BCUT2D eigenvalue weighted by atomic mass is 19.3. The van der Waals surface area contributed by atoms with Crippen LogP contribution in [0.5, 0.6) is 0 Å². The van der Waals surface area contributed by atoms with E-state index in [4.69, 9.17) is 5.73 Å². The van der Waals surface area contributed by atoms with Gasteiger partial charge in [0.15, 0.2) is 0 Å². The lowest BCUT2D eigenvalue weighted by Crippen LogP contribution is -1.86. The lowest BCUT2D eigenvalue weighted by Gasteiger charge is -1.97. The minimum atomic E-state index is -2.40. The minimum absolute atomic E-state index is 0.00852. The second-order valence-electron chi connectivity index (χ2n) is 1.97. The normalized spacial score (nSPS) is 10.3. The van der Waals surface area contributed by atoms with E-state index in [9.17, 15) is 8.78 Å². The second-order valence-corrected chi connectivity index (χ2v) is 1.97. The summed E-state index contributed by atoms with van der Waals surface area (Å²) >= 11 is 0. The Labute approximate surface area is 57.5 Å². The van der Waals surface area contributed by atoms with E-state index in [1.165, 1.54) is 24.3 Å². The van der Waals surface area contributed by atoms with Gasteiger partial charge in [0.2, 0.25) is 0 Å². The van der Waals surface area contributed by atoms with Gasteiger partial charge >= 0.3 is 0 Å². The summed E-state index contributed by atoms with van der Waals surface area (Å²) in [6.45, 7) is 0. The molecule has 0 aliphatic rings. The predicted octanol–water partition coefficient (Wildman–Crippen LogP) is 2.21. The van der Waals surface area contributed by atoms with Crippen LogP contribution in [0.3, 0.4) is 0 Å². The number of hydrogen-bond acceptors (Lipinski definition) is 1. The van der Waals surface area contributed by atoms with Crippen LogP contribution >= 0.6 is 0 Å². The first-order valence-corrected chi connectivity index (χ1v) is 2.84. The molecule has 54 valence electrons. The zero-order valence-electron chi connectivity index (χ0n) is 5.22. The highest BCUT2D eigenvalue weighted by molar-refractivity contribution is 5.39. The third-order valence-corrected chi connectivity index (χ3v) is 1.19. The van der Waals surface area contributed by atoms with Gasteiger partial charge in [0.25, 0.3) is 6.43 Å². The van der Waals surface area contributed by atoms with Crippen molar-refractivity contribution < 1.29 is 8.78 Å². The molecule has 0 saturated heterocycles. The van der Waals surface area contributed by atoms with E-state index in [1.54, 1.807) is 0 Å². The van der Waals surface area contributed by atoms with Crippen molar-refractivity contribution in [1.82, 2.24) is 0 Å². The first kappa shape index (κ1) is 6.99. The van der Waals surface area contributed by atoms with Crippen LogP contribution in [0, 0.1) is 0 Å². The van der Waals surface area contributed by atoms with Gasteiger partial charge in [-0.25, -0.2) is 8.78 Å². The Morgan fingerprint density at radius 2 is 1.60 bits per heavy atom. The van der Waals surface area contributed by atoms with Crippen molar-refractivity contribution in [2.24, 2.45) is 0 Å². The fourth-order valence-electron chi connectivity index (χ4n) is 0.641. The molecule has 0 radical (unpaired) electrons. The molecule has 0 saturated carbocycles. The van der Waals surface area contributed by atoms with Crippen LogP contribution < -0.4 is 5.73 Å². The topological polar surface area (TPSA) is 26.0 Å². The van der Waals surface area contributed by atoms with E-state index >= 15 is 0 Å². The van der Waals surface area contributed by atoms with E-state index in [0.29, 0.717) is 5.69 Å². The van der Waals surface area contributed by atoms with E-state index in [-0.39, 0.29) is 5.56 Å². The first-order valence-electron chi connectivity index (χ1n) is 2.84. The summed E-state index contributed by atoms with van der Waals surface area (Å²) in [5.74, 6) is 0. The molecule has 1 aromatic rings. The number of rotatable bonds is 1. The van der Waals surface area contributed by atoms with Crippen LogP contribution in [-0.2, 0) is 0 Å². The maximum Gasteiger partial charge on any atom is 0.263 e. The third-order valence-electron chi connectivity index (χ3n) is 1.19. The van der Waals surface area contributed by atoms with Crippen molar-refractivity contribution in [1.29, 1.82) is 0 Å². The van der Waals surface area contributed by atoms with Gasteiger partial charge in [-0.2, -0.15) is 0 Å². The SMILES string of the molecule is Nc1ccc(C(F)F)cc1. The molecule has 0 spiro atoms. The third kappa shape index (κ3) is 1.43. The van der Waals surface area contributed by atoms with Crippen molar-refractivity contribution in [3.8, 4) is 0 Å². The van der Waals surface area contributed by atoms with Gasteiger partial charge in [-0.05, 0) is 12.1 Å². The number of nitrogen functional groups attached to an aromatic ring is 1. The predicted molar refractivity (Wildman–Crippen MR) is 35.8 cm³/mol. The maximum atomic E-state index is 11.9. The molecule has 0 aliphatic carbocycles. The molecule has 0 heterocycles. The smallest absolute Gasteiger partial charge is 0.263 e. The lowest BCUT2D eigenvalue weighted by atomic mass is 10.2. The van der Waals surface area contributed by atoms with Crippen LogP contribution in [-0.4, -0.2) is 0 Å². The Kier molecular flexibility index (Phi) is 1.85. The highest BCUT2D eigenvalue weighted by Crippen LogP contribution is 2.18. The zero-order chi connectivity index (χ0) is 7.56. The molecule has 0 amide bonds. The van der Waals surface area contributed by atoms with Gasteiger partial charge in [-0.3, -0.25) is 0 Å². The average Bonchev–Trinajstić information content (AvgIpc) is 1.88. The van der Waals surface area contributed by atoms with Crippen molar-refractivity contribution in [2.45, 2.75) is 6.43 Å². The molecule has 1 rings (SSSR count). The summed E-state index contributed by atoms with van der Waals surface area (Å²) in [6.07, 6.45) is -2.40. The number of anilines is 1. The second kappa shape index (κ2) is 2.64. The van der Waals surface area contributed by atoms with Gasteiger partial charge in [0.1, 0.15) is 0 Å². The van der Waals surface area contributed by atoms with Crippen LogP contribution in [0.15, 0.2) is 24.3 Å². The van der Waals surface area contributed by atoms with Gasteiger partial charge in [-0.15, -0.1) is 0 Å². The van der Waals surface area contributed by atoms with Crippen molar-refractivity contribution in [3.05, 3.63) is 29.8 Å². The summed E-state index contributed by atoms with van der Waals surface area (Å²) in [5.41, 5.74) is 5.79. The molecule has 3 heteroatoms. The molecule has 10 heavy (non-hydrogen) atoms. The van der Waals surface area contributed by atoms with Gasteiger partial charge in [0.05, 0.1) is 0 Å². The zero-order valence-corrected chi connectivity index (χ0v) is 5.22. The van der Waals surface area contributed by atoms with E-state index < -0.39 is 6.43 Å². The summed E-state index contributed by atoms with van der Waals surface area (Å²) in [5, 5.41) is 0. The van der Waals surface area contributed by atoms with E-state index in [2.05, 4.69) is 0 Å². The standard InChI is InChI=1S/C7H7F2N/c8-7(9)5-1-3-6(10)4-2-5/h1-4,7H,10H2. The fraction of sp³-hybridized carbons (Fsp3) is 0.143. The largest absolute Gasteiger partial charge is 0.399 e. The molecular formula is C7H7F2N. The first-order chi connectivity index (χ1) is 4.70. The summed E-state index contributed by atoms with van der Waals surface area (Å²) in [7, 11) is 0. The molecule has 0 aliphatic heterocycles. The Hall–Kier alpha value is -1.12. The molecule has 2 N–H and O–H groups in total. The summed E-state index contributed by atoms with van der Waals surface area (Å²) < 4.78 is 23.7. The summed E-state index contributed by atoms with van der Waals surface area (Å²) in [6, 6.07) is 5.56. The van der Waals surface area contributed by atoms with Crippen molar-refractivity contribution in [2.75, 3.05) is 5.73 Å². The number of halogens is 2. The van der Waals surface area contributed by atoms with Gasteiger partial charge in [-0.1, -0.05) is 12.1 Å². The van der Waals surface area contributed by atoms with Crippen LogP contribution in [0.25, 0.3) is 0 Å². The van der Waals surface area contributed by atoms with Crippen molar-refractivity contribution >= 4 is 5.69 Å². The van der Waals surface area contributed by atoms with Gasteiger partial charge < -0.3 is 5.73 Å². The molecule has 0 aromatic heterocycles. The Bertz CT molecular complexity index is 205. The number of alkyl halides is 2. The van der Waals surface area contributed by atoms with Crippen LogP contribution in [0.1, 0.15) is 12.0 Å². The Morgan fingerprint density at radius 1 is 1.10 bits per heavy atom. The number of benzene rings is 1. The molecule has 1 nitrogen and oxygen atoms in total. The Balaban J connectivity index is 2.89. The van der Waals surface area contributed by atoms with E-state index in [1.807, 2.05) is 0 Å². The molecule has 0 atom stereocenters. The fourth-order valence-corrected chi connectivity index (χ4v) is 0.641. The number of hydrogen-bond donors (Lipinski definition) is 1. The van der Waals surface area contributed by atoms with Crippen LogP contribution in [0.2, 0.25) is 0 Å². The molecular weight excluding hydrogens is 136 g/mol. The molecule has 0 fully saturated rings. The minimum Gasteiger partial charge on any atom is -0.399 e. The monoisotopic (exact) mass is 143 g/mol. The van der Waals surface area contributed by atoms with Gasteiger partial charge in [0, 0.05) is 11.3 Å².